The number of hydrogen-bond donors (Lipinski definition) is 4. The summed E-state index contributed by atoms with van der Waals surface area (Å²) < 4.78 is 11.3. The van der Waals surface area contributed by atoms with E-state index in [1.54, 1.807) is 12.1 Å². The predicted molar refractivity (Wildman–Crippen MR) is 126 cm³/mol. The van der Waals surface area contributed by atoms with Gasteiger partial charge in [0.25, 0.3) is 0 Å². The second-order valence-electron chi connectivity index (χ2n) is 7.69. The SMILES string of the molecule is CC(C)Oc1cc(CCNC(=O)[C@H]2CNCCO2)c(Cl)cc1NC(=O)Nc1cnc(C#N)cn1. The Hall–Kier alpha value is -3.46. The van der Waals surface area contributed by atoms with E-state index in [4.69, 9.17) is 26.3 Å². The minimum atomic E-state index is -0.579. The van der Waals surface area contributed by atoms with E-state index < -0.39 is 12.1 Å². The van der Waals surface area contributed by atoms with Crippen LogP contribution in [-0.4, -0.2) is 60.4 Å². The Kier molecular flexibility index (Phi) is 8.98. The molecule has 0 bridgehead atoms. The van der Waals surface area contributed by atoms with E-state index in [1.807, 2.05) is 19.9 Å². The number of aromatic nitrogens is 2. The molecule has 12 heteroatoms. The summed E-state index contributed by atoms with van der Waals surface area (Å²) >= 11 is 6.45. The summed E-state index contributed by atoms with van der Waals surface area (Å²) in [5, 5.41) is 20.4. The monoisotopic (exact) mass is 487 g/mol. The van der Waals surface area contributed by atoms with Crippen molar-refractivity contribution in [1.82, 2.24) is 20.6 Å². The Bertz CT molecular complexity index is 1050. The maximum atomic E-state index is 12.4. The van der Waals surface area contributed by atoms with Crippen LogP contribution >= 0.6 is 11.6 Å². The number of rotatable bonds is 8. The van der Waals surface area contributed by atoms with Crippen molar-refractivity contribution in [2.45, 2.75) is 32.5 Å². The number of nitrogens with one attached hydrogen (secondary N) is 4. The minimum absolute atomic E-state index is 0.139. The molecule has 3 amide bonds. The molecule has 1 aliphatic rings. The van der Waals surface area contributed by atoms with Gasteiger partial charge in [0, 0.05) is 24.7 Å². The van der Waals surface area contributed by atoms with Crippen molar-refractivity contribution in [3.63, 3.8) is 0 Å². The Morgan fingerprint density at radius 1 is 1.32 bits per heavy atom. The van der Waals surface area contributed by atoms with Crippen LogP contribution in [0.1, 0.15) is 25.1 Å². The average Bonchev–Trinajstić information content (AvgIpc) is 2.82. The number of amides is 3. The number of ether oxygens (including phenoxy) is 2. The molecule has 1 aromatic carbocycles. The van der Waals surface area contributed by atoms with Crippen molar-refractivity contribution >= 4 is 35.0 Å². The molecule has 1 fully saturated rings. The molecule has 180 valence electrons. The van der Waals surface area contributed by atoms with Crippen LogP contribution in [-0.2, 0) is 16.0 Å². The number of halogens is 1. The molecular weight excluding hydrogens is 462 g/mol. The first kappa shape index (κ1) is 25.2. The van der Waals surface area contributed by atoms with E-state index in [0.29, 0.717) is 42.6 Å². The molecule has 0 aliphatic carbocycles. The first-order valence-electron chi connectivity index (χ1n) is 10.7. The maximum absolute atomic E-state index is 12.4. The van der Waals surface area contributed by atoms with Crippen LogP contribution in [0.15, 0.2) is 24.5 Å². The Morgan fingerprint density at radius 2 is 2.15 bits per heavy atom. The predicted octanol–water partition coefficient (Wildman–Crippen LogP) is 2.08. The van der Waals surface area contributed by atoms with Crippen molar-refractivity contribution < 1.29 is 19.1 Å². The number of nitrogens with zero attached hydrogens (tertiary/aromatic N) is 3. The molecule has 1 saturated heterocycles. The third kappa shape index (κ3) is 7.28. The molecule has 11 nitrogen and oxygen atoms in total. The number of hydrogen-bond acceptors (Lipinski definition) is 8. The van der Waals surface area contributed by atoms with E-state index in [1.165, 1.54) is 12.4 Å². The second kappa shape index (κ2) is 12.1. The molecule has 4 N–H and O–H groups in total. The quantitative estimate of drug-likeness (QED) is 0.442. The lowest BCUT2D eigenvalue weighted by Crippen LogP contribution is -2.48. The van der Waals surface area contributed by atoms with Gasteiger partial charge in [-0.2, -0.15) is 5.26 Å². The summed E-state index contributed by atoms with van der Waals surface area (Å²) in [6.07, 6.45) is 2.34. The zero-order chi connectivity index (χ0) is 24.5. The molecule has 2 aromatic rings. The van der Waals surface area contributed by atoms with Crippen molar-refractivity contribution in [3.05, 3.63) is 40.8 Å². The van der Waals surface area contributed by atoms with Crippen molar-refractivity contribution in [3.8, 4) is 11.8 Å². The van der Waals surface area contributed by atoms with Gasteiger partial charge in [0.2, 0.25) is 5.91 Å². The fourth-order valence-electron chi connectivity index (χ4n) is 3.12. The first-order chi connectivity index (χ1) is 16.4. The van der Waals surface area contributed by atoms with E-state index in [0.717, 1.165) is 12.1 Å². The van der Waals surface area contributed by atoms with E-state index in [2.05, 4.69) is 31.2 Å². The van der Waals surface area contributed by atoms with Gasteiger partial charge >= 0.3 is 6.03 Å². The second-order valence-corrected chi connectivity index (χ2v) is 8.10. The van der Waals surface area contributed by atoms with Gasteiger partial charge in [-0.25, -0.2) is 14.8 Å². The van der Waals surface area contributed by atoms with Gasteiger partial charge in [0.1, 0.15) is 17.9 Å². The lowest BCUT2D eigenvalue weighted by atomic mass is 10.1. The number of carbonyl (C=O) groups is 2. The lowest BCUT2D eigenvalue weighted by molar-refractivity contribution is -0.134. The third-order valence-electron chi connectivity index (χ3n) is 4.68. The summed E-state index contributed by atoms with van der Waals surface area (Å²) in [5.41, 5.74) is 1.26. The smallest absolute Gasteiger partial charge is 0.325 e. The number of urea groups is 1. The van der Waals surface area contributed by atoms with Gasteiger partial charge < -0.3 is 25.4 Å². The van der Waals surface area contributed by atoms with Gasteiger partial charge in [0.15, 0.2) is 11.5 Å². The fourth-order valence-corrected chi connectivity index (χ4v) is 3.38. The van der Waals surface area contributed by atoms with Crippen molar-refractivity contribution in [2.24, 2.45) is 0 Å². The van der Waals surface area contributed by atoms with Crippen LogP contribution in [0.3, 0.4) is 0 Å². The van der Waals surface area contributed by atoms with Gasteiger partial charge in [0.05, 0.1) is 30.8 Å². The van der Waals surface area contributed by atoms with Gasteiger partial charge in [-0.05, 0) is 38.0 Å². The Morgan fingerprint density at radius 3 is 2.79 bits per heavy atom. The number of carbonyl (C=O) groups excluding carboxylic acids is 2. The fraction of sp³-hybridized carbons (Fsp3) is 0.409. The van der Waals surface area contributed by atoms with Crippen LogP contribution in [0, 0.1) is 11.3 Å². The zero-order valence-corrected chi connectivity index (χ0v) is 19.6. The summed E-state index contributed by atoms with van der Waals surface area (Å²) in [4.78, 5) is 32.5. The lowest BCUT2D eigenvalue weighted by Gasteiger charge is -2.22. The first-order valence-corrected chi connectivity index (χ1v) is 11.1. The summed E-state index contributed by atoms with van der Waals surface area (Å²) in [5.74, 6) is 0.433. The topological polar surface area (TPSA) is 150 Å². The highest BCUT2D eigenvalue weighted by molar-refractivity contribution is 6.31. The molecule has 2 heterocycles. The van der Waals surface area contributed by atoms with Crippen LogP contribution in [0.5, 0.6) is 5.75 Å². The molecule has 3 rings (SSSR count). The molecular formula is C22H26ClN7O4. The number of benzene rings is 1. The van der Waals surface area contributed by atoms with Crippen molar-refractivity contribution in [1.29, 1.82) is 5.26 Å². The normalized spacial score (nSPS) is 15.3. The average molecular weight is 488 g/mol. The minimum Gasteiger partial charge on any atom is -0.489 e. The highest BCUT2D eigenvalue weighted by Gasteiger charge is 2.21. The third-order valence-corrected chi connectivity index (χ3v) is 5.03. The van der Waals surface area contributed by atoms with Crippen LogP contribution < -0.4 is 26.0 Å². The Balaban J connectivity index is 1.64. The number of nitriles is 1. The molecule has 1 aliphatic heterocycles. The van der Waals surface area contributed by atoms with E-state index in [9.17, 15) is 9.59 Å². The van der Waals surface area contributed by atoms with Crippen molar-refractivity contribution in [2.75, 3.05) is 36.9 Å². The molecule has 0 unspecified atom stereocenters. The molecule has 1 aromatic heterocycles. The molecule has 0 spiro atoms. The highest BCUT2D eigenvalue weighted by Crippen LogP contribution is 2.32. The molecule has 0 saturated carbocycles. The zero-order valence-electron chi connectivity index (χ0n) is 18.9. The number of morpholine rings is 1. The Labute approximate surface area is 202 Å². The molecule has 1 atom stereocenters. The number of anilines is 2. The van der Waals surface area contributed by atoms with E-state index in [-0.39, 0.29) is 23.5 Å². The van der Waals surface area contributed by atoms with Crippen LogP contribution in [0.2, 0.25) is 5.02 Å². The van der Waals surface area contributed by atoms with Gasteiger partial charge in [-0.3, -0.25) is 10.1 Å². The highest BCUT2D eigenvalue weighted by atomic mass is 35.5. The largest absolute Gasteiger partial charge is 0.489 e. The maximum Gasteiger partial charge on any atom is 0.325 e. The standard InChI is InChI=1S/C22H26ClN7O4/c1-13(2)34-18-7-14(3-4-26-21(31)19-11-25-5-6-33-19)16(23)8-17(18)29-22(32)30-20-12-27-15(9-24)10-28-20/h7-8,10,12-13,19,25H,3-6,11H2,1-2H3,(H,26,31)(H2,28,29,30,32)/t19-/m1/s1. The van der Waals surface area contributed by atoms with Gasteiger partial charge in [-0.15, -0.1) is 0 Å². The molecule has 34 heavy (non-hydrogen) atoms. The van der Waals surface area contributed by atoms with Gasteiger partial charge in [-0.1, -0.05) is 11.6 Å². The summed E-state index contributed by atoms with van der Waals surface area (Å²) in [6.45, 7) is 5.81. The summed E-state index contributed by atoms with van der Waals surface area (Å²) in [7, 11) is 0. The van der Waals surface area contributed by atoms with E-state index >= 15 is 0 Å². The van der Waals surface area contributed by atoms with Crippen LogP contribution in [0.25, 0.3) is 0 Å². The summed E-state index contributed by atoms with van der Waals surface area (Å²) in [6, 6.07) is 4.61. The molecule has 0 radical (unpaired) electrons. The van der Waals surface area contributed by atoms with Crippen LogP contribution in [0.4, 0.5) is 16.3 Å².